The minimum atomic E-state index is -0.593. The smallest absolute Gasteiger partial charge is 0.283 e. The summed E-state index contributed by atoms with van der Waals surface area (Å²) in [4.78, 5) is 39.1. The van der Waals surface area contributed by atoms with Crippen molar-refractivity contribution in [1.29, 1.82) is 0 Å². The Kier molecular flexibility index (Phi) is 5.99. The number of rotatable bonds is 5. The van der Waals surface area contributed by atoms with Gasteiger partial charge in [0, 0.05) is 11.3 Å². The highest BCUT2D eigenvalue weighted by molar-refractivity contribution is 6.53. The lowest BCUT2D eigenvalue weighted by atomic mass is 10.1. The number of para-hydroxylation sites is 2. The van der Waals surface area contributed by atoms with E-state index in [4.69, 9.17) is 23.2 Å². The van der Waals surface area contributed by atoms with Crippen LogP contribution in [0.25, 0.3) is 0 Å². The number of imide groups is 1. The van der Waals surface area contributed by atoms with Crippen molar-refractivity contribution in [2.45, 2.75) is 6.92 Å². The highest BCUT2D eigenvalue weighted by Gasteiger charge is 2.39. The van der Waals surface area contributed by atoms with Crippen molar-refractivity contribution in [2.75, 3.05) is 15.5 Å². The minimum Gasteiger partial charge on any atom is -0.350 e. The molecule has 0 aromatic heterocycles. The average Bonchev–Trinajstić information content (AvgIpc) is 2.99. The van der Waals surface area contributed by atoms with Gasteiger partial charge in [0.15, 0.2) is 0 Å². The normalized spacial score (nSPS) is 13.5. The molecule has 32 heavy (non-hydrogen) atoms. The molecule has 0 saturated carbocycles. The molecule has 1 aliphatic rings. The summed E-state index contributed by atoms with van der Waals surface area (Å²) >= 11 is 12.3. The summed E-state index contributed by atoms with van der Waals surface area (Å²) in [6.45, 7) is 1.81. The number of anilines is 3. The second kappa shape index (κ2) is 8.86. The maximum Gasteiger partial charge on any atom is 0.283 e. The van der Waals surface area contributed by atoms with Gasteiger partial charge >= 0.3 is 0 Å². The number of benzene rings is 3. The predicted octanol–water partition coefficient (Wildman–Crippen LogP) is 5.34. The molecule has 0 unspecified atom stereocenters. The summed E-state index contributed by atoms with van der Waals surface area (Å²) in [6, 6.07) is 20.4. The summed E-state index contributed by atoms with van der Waals surface area (Å²) in [7, 11) is 0. The molecule has 8 heteroatoms. The number of amides is 3. The lowest BCUT2D eigenvalue weighted by Gasteiger charge is -2.17. The first-order chi connectivity index (χ1) is 15.4. The van der Waals surface area contributed by atoms with Crippen LogP contribution in [0.2, 0.25) is 5.02 Å². The lowest BCUT2D eigenvalue weighted by molar-refractivity contribution is -0.120. The number of carbonyl (C=O) groups excluding carboxylic acids is 3. The molecule has 4 rings (SSSR count). The maximum atomic E-state index is 12.9. The highest BCUT2D eigenvalue weighted by atomic mass is 35.5. The van der Waals surface area contributed by atoms with Crippen molar-refractivity contribution >= 4 is 58.0 Å². The first-order valence-electron chi connectivity index (χ1n) is 9.64. The van der Waals surface area contributed by atoms with E-state index in [1.165, 1.54) is 0 Å². The summed E-state index contributed by atoms with van der Waals surface area (Å²) in [5, 5.41) is 5.88. The molecule has 0 atom stereocenters. The summed E-state index contributed by atoms with van der Waals surface area (Å²) in [5.74, 6) is -1.47. The molecule has 0 fully saturated rings. The molecule has 3 aromatic rings. The zero-order chi connectivity index (χ0) is 22.8. The zero-order valence-electron chi connectivity index (χ0n) is 16.9. The Bertz CT molecular complexity index is 1270. The zero-order valence-corrected chi connectivity index (χ0v) is 18.4. The third kappa shape index (κ3) is 4.10. The van der Waals surface area contributed by atoms with Gasteiger partial charge in [-0.25, -0.2) is 4.90 Å². The van der Waals surface area contributed by atoms with Crippen LogP contribution in [0.4, 0.5) is 17.1 Å². The van der Waals surface area contributed by atoms with Gasteiger partial charge in [0.05, 0.1) is 16.4 Å². The number of halogens is 2. The van der Waals surface area contributed by atoms with E-state index in [1.807, 2.05) is 19.1 Å². The Morgan fingerprint density at radius 2 is 1.50 bits per heavy atom. The van der Waals surface area contributed by atoms with Crippen molar-refractivity contribution in [3.63, 3.8) is 0 Å². The fourth-order valence-electron chi connectivity index (χ4n) is 3.25. The molecule has 1 aliphatic heterocycles. The molecule has 0 saturated heterocycles. The fourth-order valence-corrected chi connectivity index (χ4v) is 3.65. The molecule has 3 aromatic carbocycles. The van der Waals surface area contributed by atoms with E-state index in [1.54, 1.807) is 60.7 Å². The Labute approximate surface area is 194 Å². The van der Waals surface area contributed by atoms with Gasteiger partial charge in [0.25, 0.3) is 17.7 Å². The topological polar surface area (TPSA) is 78.5 Å². The number of hydrogen-bond acceptors (Lipinski definition) is 4. The summed E-state index contributed by atoms with van der Waals surface area (Å²) in [5.41, 5.74) is 2.63. The van der Waals surface area contributed by atoms with E-state index in [9.17, 15) is 14.4 Å². The van der Waals surface area contributed by atoms with Crippen molar-refractivity contribution in [2.24, 2.45) is 0 Å². The Morgan fingerprint density at radius 1 is 0.844 bits per heavy atom. The monoisotopic (exact) mass is 465 g/mol. The highest BCUT2D eigenvalue weighted by Crippen LogP contribution is 2.32. The molecule has 0 aliphatic carbocycles. The van der Waals surface area contributed by atoms with E-state index in [0.29, 0.717) is 27.6 Å². The van der Waals surface area contributed by atoms with E-state index in [-0.39, 0.29) is 16.6 Å². The van der Waals surface area contributed by atoms with Gasteiger partial charge in [-0.2, -0.15) is 0 Å². The van der Waals surface area contributed by atoms with Crippen LogP contribution in [-0.4, -0.2) is 17.7 Å². The Morgan fingerprint density at radius 3 is 2.19 bits per heavy atom. The van der Waals surface area contributed by atoms with Crippen molar-refractivity contribution in [3.8, 4) is 0 Å². The van der Waals surface area contributed by atoms with E-state index >= 15 is 0 Å². The first kappa shape index (κ1) is 21.6. The minimum absolute atomic E-state index is 0.0202. The van der Waals surface area contributed by atoms with Crippen molar-refractivity contribution in [1.82, 2.24) is 0 Å². The molecule has 3 amide bonds. The molecular formula is C24H17Cl2N3O3. The van der Waals surface area contributed by atoms with Gasteiger partial charge in [-0.15, -0.1) is 0 Å². The molecule has 0 radical (unpaired) electrons. The van der Waals surface area contributed by atoms with Gasteiger partial charge in [-0.3, -0.25) is 14.4 Å². The summed E-state index contributed by atoms with van der Waals surface area (Å²) in [6.07, 6.45) is 0. The standard InChI is InChI=1S/C24H17Cl2N3O3/c1-14-6-2-5-9-19(14)29-23(31)20(26)21(24(29)32)27-16-12-10-15(11-13-16)22(30)28-18-8-4-3-7-17(18)25/h2-13,27H,1H3,(H,28,30). The van der Waals surface area contributed by atoms with Gasteiger partial charge in [0.1, 0.15) is 10.7 Å². The number of aryl methyl sites for hydroxylation is 1. The molecule has 1 heterocycles. The maximum absolute atomic E-state index is 12.9. The Hall–Kier alpha value is -3.61. The van der Waals surface area contributed by atoms with Crippen molar-refractivity contribution in [3.05, 3.63) is 99.7 Å². The second-order valence-corrected chi connectivity index (χ2v) is 7.84. The fraction of sp³-hybridized carbons (Fsp3) is 0.0417. The third-order valence-corrected chi connectivity index (χ3v) is 5.60. The Balaban J connectivity index is 1.50. The molecular weight excluding hydrogens is 449 g/mol. The first-order valence-corrected chi connectivity index (χ1v) is 10.4. The SMILES string of the molecule is Cc1ccccc1N1C(=O)C(Cl)=C(Nc2ccc(C(=O)Nc3ccccc3Cl)cc2)C1=O. The number of nitrogens with zero attached hydrogens (tertiary/aromatic N) is 1. The summed E-state index contributed by atoms with van der Waals surface area (Å²) < 4.78 is 0. The number of hydrogen-bond donors (Lipinski definition) is 2. The number of carbonyl (C=O) groups is 3. The largest absolute Gasteiger partial charge is 0.350 e. The van der Waals surface area contributed by atoms with Gasteiger partial charge < -0.3 is 10.6 Å². The molecule has 0 spiro atoms. The van der Waals surface area contributed by atoms with Crippen LogP contribution in [0.1, 0.15) is 15.9 Å². The average molecular weight is 466 g/mol. The van der Waals surface area contributed by atoms with Crippen molar-refractivity contribution < 1.29 is 14.4 Å². The van der Waals surface area contributed by atoms with Crippen LogP contribution in [0.3, 0.4) is 0 Å². The van der Waals surface area contributed by atoms with Crippen LogP contribution in [0.5, 0.6) is 0 Å². The predicted molar refractivity (Wildman–Crippen MR) is 126 cm³/mol. The lowest BCUT2D eigenvalue weighted by Crippen LogP contribution is -2.32. The molecule has 2 N–H and O–H groups in total. The van der Waals surface area contributed by atoms with Gasteiger partial charge in [0.2, 0.25) is 0 Å². The van der Waals surface area contributed by atoms with Crippen LogP contribution >= 0.6 is 23.2 Å². The molecule has 160 valence electrons. The number of nitrogens with one attached hydrogen (secondary N) is 2. The van der Waals surface area contributed by atoms with Crippen LogP contribution in [0.15, 0.2) is 83.5 Å². The van der Waals surface area contributed by atoms with Crippen LogP contribution < -0.4 is 15.5 Å². The third-order valence-electron chi connectivity index (χ3n) is 4.92. The van der Waals surface area contributed by atoms with E-state index in [2.05, 4.69) is 10.6 Å². The van der Waals surface area contributed by atoms with E-state index in [0.717, 1.165) is 10.5 Å². The van der Waals surface area contributed by atoms with Crippen LogP contribution in [0, 0.1) is 6.92 Å². The van der Waals surface area contributed by atoms with Gasteiger partial charge in [-0.05, 0) is 55.0 Å². The molecule has 6 nitrogen and oxygen atoms in total. The van der Waals surface area contributed by atoms with Crippen LogP contribution in [-0.2, 0) is 9.59 Å². The van der Waals surface area contributed by atoms with E-state index < -0.39 is 11.8 Å². The molecule has 0 bridgehead atoms. The quantitative estimate of drug-likeness (QED) is 0.498. The second-order valence-electron chi connectivity index (χ2n) is 7.06. The van der Waals surface area contributed by atoms with Gasteiger partial charge in [-0.1, -0.05) is 53.5 Å².